The van der Waals surface area contributed by atoms with Crippen LogP contribution < -0.4 is 16.4 Å². The average molecular weight is 541 g/mol. The Bertz CT molecular complexity index is 1230. The van der Waals surface area contributed by atoms with Gasteiger partial charge in [-0.25, -0.2) is 4.79 Å². The Labute approximate surface area is 229 Å². The van der Waals surface area contributed by atoms with Crippen molar-refractivity contribution in [2.45, 2.75) is 85.0 Å². The smallest absolute Gasteiger partial charge is 0.408 e. The number of alkyl carbamates (subject to hydrolysis) is 1. The van der Waals surface area contributed by atoms with Crippen molar-refractivity contribution in [2.75, 3.05) is 5.32 Å². The molecule has 5 N–H and O–H groups in total. The minimum atomic E-state index is -1.40. The molecule has 212 valence electrons. The minimum absolute atomic E-state index is 0.0312. The molecular weight excluding hydrogens is 500 g/mol. The molecule has 0 heterocycles. The molecule has 0 fully saturated rings. The third-order valence-electron chi connectivity index (χ3n) is 5.80. The summed E-state index contributed by atoms with van der Waals surface area (Å²) in [5.41, 5.74) is 5.92. The number of nitrogens with two attached hydrogens (primary N) is 1. The zero-order chi connectivity index (χ0) is 29.7. The molecule has 0 radical (unpaired) electrons. The fraction of sp³-hybridized carbons (Fsp3) is 0.448. The molecule has 0 aliphatic heterocycles. The predicted molar refractivity (Wildman–Crippen MR) is 149 cm³/mol. The van der Waals surface area contributed by atoms with E-state index in [4.69, 9.17) is 10.5 Å². The summed E-state index contributed by atoms with van der Waals surface area (Å²) in [5, 5.41) is 15.5. The molecule has 2 rings (SSSR count). The summed E-state index contributed by atoms with van der Waals surface area (Å²) in [6, 6.07) is 9.23. The van der Waals surface area contributed by atoms with Crippen molar-refractivity contribution in [1.29, 1.82) is 0 Å². The Kier molecular flexibility index (Phi) is 9.73. The van der Waals surface area contributed by atoms with E-state index in [0.29, 0.717) is 16.8 Å². The highest BCUT2D eigenvalue weighted by Gasteiger charge is 2.42. The maximum Gasteiger partial charge on any atom is 0.408 e. The second-order valence-corrected chi connectivity index (χ2v) is 11.5. The SMILES string of the molecule is Cc1cc(C(C(=O)Nc2ccccc2C)N(C(=O)C(CC(N)=O)NC(=O)OC(C)(C)C)C(C)(C)C)ccc1O. The molecule has 2 unspecified atom stereocenters. The van der Waals surface area contributed by atoms with Gasteiger partial charge in [0, 0.05) is 11.2 Å². The van der Waals surface area contributed by atoms with Crippen LogP contribution in [0.3, 0.4) is 0 Å². The molecule has 0 aliphatic rings. The minimum Gasteiger partial charge on any atom is -0.508 e. The summed E-state index contributed by atoms with van der Waals surface area (Å²) in [7, 11) is 0. The van der Waals surface area contributed by atoms with Gasteiger partial charge in [0.2, 0.25) is 11.8 Å². The van der Waals surface area contributed by atoms with E-state index < -0.39 is 53.5 Å². The van der Waals surface area contributed by atoms with Crippen molar-refractivity contribution in [3.05, 3.63) is 59.2 Å². The number of hydrogen-bond acceptors (Lipinski definition) is 6. The van der Waals surface area contributed by atoms with Crippen LogP contribution in [0.5, 0.6) is 5.75 Å². The van der Waals surface area contributed by atoms with Gasteiger partial charge in [-0.1, -0.05) is 24.3 Å². The van der Waals surface area contributed by atoms with Crippen molar-refractivity contribution in [3.8, 4) is 5.75 Å². The fourth-order valence-corrected chi connectivity index (χ4v) is 4.04. The lowest BCUT2D eigenvalue weighted by atomic mass is 9.93. The number of hydrogen-bond donors (Lipinski definition) is 4. The predicted octanol–water partition coefficient (Wildman–Crippen LogP) is 4.08. The first-order valence-electron chi connectivity index (χ1n) is 12.7. The number of phenolic OH excluding ortho intramolecular Hbond substituents is 1. The summed E-state index contributed by atoms with van der Waals surface area (Å²) < 4.78 is 5.30. The molecule has 0 spiro atoms. The van der Waals surface area contributed by atoms with E-state index >= 15 is 0 Å². The molecule has 0 bridgehead atoms. The third-order valence-corrected chi connectivity index (χ3v) is 5.80. The molecule has 2 aromatic carbocycles. The van der Waals surface area contributed by atoms with Crippen molar-refractivity contribution in [3.63, 3.8) is 0 Å². The first-order valence-corrected chi connectivity index (χ1v) is 12.7. The lowest BCUT2D eigenvalue weighted by Gasteiger charge is -2.43. The van der Waals surface area contributed by atoms with Gasteiger partial charge < -0.3 is 31.1 Å². The zero-order valence-electron chi connectivity index (χ0n) is 23.9. The Morgan fingerprint density at radius 2 is 1.59 bits per heavy atom. The normalized spacial score (nSPS) is 13.1. The number of carbonyl (C=O) groups is 4. The van der Waals surface area contributed by atoms with Gasteiger partial charge in [-0.2, -0.15) is 0 Å². The van der Waals surface area contributed by atoms with Crippen LogP contribution in [0.15, 0.2) is 42.5 Å². The third kappa shape index (κ3) is 8.73. The fourth-order valence-electron chi connectivity index (χ4n) is 4.04. The highest BCUT2D eigenvalue weighted by molar-refractivity contribution is 6.00. The number of benzene rings is 2. The number of phenols is 1. The number of aryl methyl sites for hydroxylation is 2. The van der Waals surface area contributed by atoms with Gasteiger partial charge in [0.05, 0.1) is 6.42 Å². The van der Waals surface area contributed by atoms with E-state index in [9.17, 15) is 24.3 Å². The number of nitrogens with one attached hydrogen (secondary N) is 2. The summed E-state index contributed by atoms with van der Waals surface area (Å²) in [4.78, 5) is 53.9. The highest BCUT2D eigenvalue weighted by atomic mass is 16.6. The number of primary amides is 1. The van der Waals surface area contributed by atoms with Crippen LogP contribution in [0.4, 0.5) is 10.5 Å². The zero-order valence-corrected chi connectivity index (χ0v) is 23.9. The molecular formula is C29H40N4O6. The topological polar surface area (TPSA) is 151 Å². The maximum absolute atomic E-state index is 14.1. The standard InChI is InChI=1S/C29H40N4O6/c1-17-11-9-10-12-20(17)31-25(36)24(19-13-14-22(34)18(2)15-19)33(28(3,4)5)26(37)21(16-23(30)35)32-27(38)39-29(6,7)8/h9-15,21,24,34H,16H2,1-8H3,(H2,30,35)(H,31,36)(H,32,38). The number of rotatable bonds is 8. The van der Waals surface area contributed by atoms with Crippen LogP contribution in [-0.2, 0) is 19.1 Å². The number of nitrogens with zero attached hydrogens (tertiary/aromatic N) is 1. The molecule has 10 nitrogen and oxygen atoms in total. The van der Waals surface area contributed by atoms with Gasteiger partial charge in [0.25, 0.3) is 5.91 Å². The van der Waals surface area contributed by atoms with Gasteiger partial charge in [0.1, 0.15) is 23.4 Å². The average Bonchev–Trinajstić information content (AvgIpc) is 2.77. The monoisotopic (exact) mass is 540 g/mol. The van der Waals surface area contributed by atoms with Crippen molar-refractivity contribution < 1.29 is 29.0 Å². The van der Waals surface area contributed by atoms with Crippen molar-refractivity contribution >= 4 is 29.5 Å². The summed E-state index contributed by atoms with van der Waals surface area (Å²) >= 11 is 0. The molecule has 2 aromatic rings. The molecule has 4 amide bonds. The van der Waals surface area contributed by atoms with Crippen LogP contribution in [-0.4, -0.2) is 51.0 Å². The number of para-hydroxylation sites is 1. The second kappa shape index (κ2) is 12.2. The molecule has 0 aliphatic carbocycles. The molecule has 0 saturated heterocycles. The van der Waals surface area contributed by atoms with Gasteiger partial charge in [0.15, 0.2) is 0 Å². The second-order valence-electron chi connectivity index (χ2n) is 11.5. The van der Waals surface area contributed by atoms with Crippen LogP contribution in [0.2, 0.25) is 0 Å². The molecule has 2 atom stereocenters. The van der Waals surface area contributed by atoms with Crippen LogP contribution in [0.25, 0.3) is 0 Å². The van der Waals surface area contributed by atoms with Crippen LogP contribution in [0.1, 0.15) is 70.7 Å². The summed E-state index contributed by atoms with van der Waals surface area (Å²) in [5.74, 6) is -2.01. The first kappa shape index (κ1) is 31.1. The van der Waals surface area contributed by atoms with Crippen molar-refractivity contribution in [2.24, 2.45) is 5.73 Å². The van der Waals surface area contributed by atoms with E-state index in [1.807, 2.05) is 19.1 Å². The lowest BCUT2D eigenvalue weighted by molar-refractivity contribution is -0.147. The number of aromatic hydroxyl groups is 1. The quantitative estimate of drug-likeness (QED) is 0.396. The Morgan fingerprint density at radius 3 is 2.10 bits per heavy atom. The number of carbonyl (C=O) groups excluding carboxylic acids is 4. The van der Waals surface area contributed by atoms with E-state index in [1.165, 1.54) is 11.0 Å². The van der Waals surface area contributed by atoms with E-state index in [0.717, 1.165) is 5.56 Å². The number of anilines is 1. The highest BCUT2D eigenvalue weighted by Crippen LogP contribution is 2.33. The van der Waals surface area contributed by atoms with Crippen LogP contribution in [0, 0.1) is 13.8 Å². The van der Waals surface area contributed by atoms with E-state index in [1.54, 1.807) is 72.7 Å². The first-order chi connectivity index (χ1) is 17.9. The van der Waals surface area contributed by atoms with Gasteiger partial charge >= 0.3 is 6.09 Å². The molecule has 39 heavy (non-hydrogen) atoms. The summed E-state index contributed by atoms with van der Waals surface area (Å²) in [6.45, 7) is 13.7. The summed E-state index contributed by atoms with van der Waals surface area (Å²) in [6.07, 6.45) is -1.41. The van der Waals surface area contributed by atoms with Crippen LogP contribution >= 0.6 is 0 Å². The van der Waals surface area contributed by atoms with Crippen molar-refractivity contribution in [1.82, 2.24) is 10.2 Å². The largest absolute Gasteiger partial charge is 0.508 e. The van der Waals surface area contributed by atoms with Gasteiger partial charge in [-0.15, -0.1) is 0 Å². The van der Waals surface area contributed by atoms with Gasteiger partial charge in [-0.3, -0.25) is 14.4 Å². The van der Waals surface area contributed by atoms with Gasteiger partial charge in [-0.05, 0) is 90.3 Å². The number of amides is 4. The van der Waals surface area contributed by atoms with E-state index in [2.05, 4.69) is 10.6 Å². The maximum atomic E-state index is 14.1. The number of ether oxygens (including phenoxy) is 1. The molecule has 0 saturated carbocycles. The molecule has 10 heteroatoms. The molecule has 0 aromatic heterocycles. The van der Waals surface area contributed by atoms with E-state index in [-0.39, 0.29) is 5.75 Å². The lowest BCUT2D eigenvalue weighted by Crippen LogP contribution is -2.58. The Morgan fingerprint density at radius 1 is 0.974 bits per heavy atom. The Balaban J connectivity index is 2.64. The Hall–Kier alpha value is -4.08.